The van der Waals surface area contributed by atoms with Crippen LogP contribution < -0.4 is 4.90 Å². The molecule has 3 saturated heterocycles. The lowest BCUT2D eigenvalue weighted by Crippen LogP contribution is -2.49. The molecular formula is C19H23ClN2O4. The van der Waals surface area contributed by atoms with Gasteiger partial charge in [-0.25, -0.2) is 0 Å². The predicted octanol–water partition coefficient (Wildman–Crippen LogP) is 2.37. The van der Waals surface area contributed by atoms with Crippen molar-refractivity contribution in [1.29, 1.82) is 0 Å². The molecule has 2 amide bonds. The fourth-order valence-corrected chi connectivity index (χ4v) is 4.16. The monoisotopic (exact) mass is 378 g/mol. The zero-order valence-corrected chi connectivity index (χ0v) is 15.6. The van der Waals surface area contributed by atoms with Gasteiger partial charge >= 0.3 is 0 Å². The SMILES string of the molecule is Cc1ccc(N2CC(C(=O)N3CCC4(CC3)OCCO4)CC2=O)cc1Cl. The Hall–Kier alpha value is -1.63. The summed E-state index contributed by atoms with van der Waals surface area (Å²) in [5, 5.41) is 0.628. The van der Waals surface area contributed by atoms with Gasteiger partial charge in [-0.3, -0.25) is 9.59 Å². The molecule has 26 heavy (non-hydrogen) atoms. The van der Waals surface area contributed by atoms with Gasteiger partial charge in [-0.2, -0.15) is 0 Å². The summed E-state index contributed by atoms with van der Waals surface area (Å²) >= 11 is 6.18. The lowest BCUT2D eigenvalue weighted by Gasteiger charge is -2.38. The zero-order valence-electron chi connectivity index (χ0n) is 14.9. The van der Waals surface area contributed by atoms with E-state index >= 15 is 0 Å². The van der Waals surface area contributed by atoms with Gasteiger partial charge in [-0.05, 0) is 24.6 Å². The van der Waals surface area contributed by atoms with Gasteiger partial charge in [0.2, 0.25) is 11.8 Å². The lowest BCUT2D eigenvalue weighted by atomic mass is 10.0. The van der Waals surface area contributed by atoms with E-state index in [0.717, 1.165) is 11.3 Å². The molecule has 0 aromatic heterocycles. The first-order valence-corrected chi connectivity index (χ1v) is 9.48. The maximum atomic E-state index is 12.9. The number of anilines is 1. The third-order valence-corrected chi connectivity index (χ3v) is 6.00. The molecule has 3 heterocycles. The van der Waals surface area contributed by atoms with Crippen LogP contribution >= 0.6 is 11.6 Å². The van der Waals surface area contributed by atoms with Gasteiger partial charge in [0, 0.05) is 49.6 Å². The predicted molar refractivity (Wildman–Crippen MR) is 97.1 cm³/mol. The van der Waals surface area contributed by atoms with Crippen molar-refractivity contribution in [2.24, 2.45) is 5.92 Å². The van der Waals surface area contributed by atoms with Crippen LogP contribution in [0.25, 0.3) is 0 Å². The minimum atomic E-state index is -0.493. The van der Waals surface area contributed by atoms with Crippen LogP contribution in [0.4, 0.5) is 5.69 Å². The number of halogens is 1. The summed E-state index contributed by atoms with van der Waals surface area (Å²) in [6, 6.07) is 5.57. The summed E-state index contributed by atoms with van der Waals surface area (Å²) in [4.78, 5) is 28.8. The molecule has 1 unspecified atom stereocenters. The number of hydrogen-bond acceptors (Lipinski definition) is 4. The molecule has 140 valence electrons. The van der Waals surface area contributed by atoms with Gasteiger partial charge in [0.1, 0.15) is 0 Å². The van der Waals surface area contributed by atoms with Crippen LogP contribution in [0.15, 0.2) is 18.2 Å². The molecule has 0 radical (unpaired) electrons. The fraction of sp³-hybridized carbons (Fsp3) is 0.579. The first-order chi connectivity index (χ1) is 12.5. The Bertz CT molecular complexity index is 722. The maximum Gasteiger partial charge on any atom is 0.228 e. The van der Waals surface area contributed by atoms with Crippen LogP contribution in [0, 0.1) is 12.8 Å². The topological polar surface area (TPSA) is 59.1 Å². The Kier molecular flexibility index (Phi) is 4.67. The van der Waals surface area contributed by atoms with E-state index in [0.29, 0.717) is 50.7 Å². The van der Waals surface area contributed by atoms with Crippen molar-refractivity contribution in [3.8, 4) is 0 Å². The van der Waals surface area contributed by atoms with Crippen LogP contribution in [0.1, 0.15) is 24.8 Å². The molecule has 1 aromatic carbocycles. The molecule has 3 fully saturated rings. The van der Waals surface area contributed by atoms with Crippen molar-refractivity contribution in [2.45, 2.75) is 32.0 Å². The van der Waals surface area contributed by atoms with Crippen LogP contribution in [0.5, 0.6) is 0 Å². The Morgan fingerprint density at radius 2 is 1.92 bits per heavy atom. The average molecular weight is 379 g/mol. The van der Waals surface area contributed by atoms with Gasteiger partial charge in [-0.15, -0.1) is 0 Å². The van der Waals surface area contributed by atoms with Crippen molar-refractivity contribution < 1.29 is 19.1 Å². The van der Waals surface area contributed by atoms with Gasteiger partial charge in [-0.1, -0.05) is 17.7 Å². The Balaban J connectivity index is 1.40. The molecular weight excluding hydrogens is 356 g/mol. The Labute approximate surface area is 158 Å². The molecule has 0 saturated carbocycles. The third-order valence-electron chi connectivity index (χ3n) is 5.59. The van der Waals surface area contributed by atoms with Crippen LogP contribution in [-0.4, -0.2) is 55.3 Å². The number of nitrogens with zero attached hydrogens (tertiary/aromatic N) is 2. The Morgan fingerprint density at radius 3 is 2.58 bits per heavy atom. The number of aryl methyl sites for hydroxylation is 1. The molecule has 0 bridgehead atoms. The highest BCUT2D eigenvalue weighted by Crippen LogP contribution is 2.33. The molecule has 6 nitrogen and oxygen atoms in total. The summed E-state index contributed by atoms with van der Waals surface area (Å²) in [5.41, 5.74) is 1.72. The average Bonchev–Trinajstić information content (AvgIpc) is 3.25. The minimum Gasteiger partial charge on any atom is -0.347 e. The number of carbonyl (C=O) groups is 2. The Morgan fingerprint density at radius 1 is 1.23 bits per heavy atom. The first-order valence-electron chi connectivity index (χ1n) is 9.11. The molecule has 0 N–H and O–H groups in total. The second-order valence-electron chi connectivity index (χ2n) is 7.27. The number of ether oxygens (including phenoxy) is 2. The van der Waals surface area contributed by atoms with Gasteiger partial charge in [0.05, 0.1) is 19.1 Å². The number of rotatable bonds is 2. The highest BCUT2D eigenvalue weighted by molar-refractivity contribution is 6.31. The van der Waals surface area contributed by atoms with Crippen LogP contribution in [0.3, 0.4) is 0 Å². The van der Waals surface area contributed by atoms with E-state index in [2.05, 4.69) is 0 Å². The van der Waals surface area contributed by atoms with Crippen LogP contribution in [0.2, 0.25) is 5.02 Å². The van der Waals surface area contributed by atoms with Gasteiger partial charge in [0.15, 0.2) is 5.79 Å². The van der Waals surface area contributed by atoms with Crippen molar-refractivity contribution in [3.05, 3.63) is 28.8 Å². The smallest absolute Gasteiger partial charge is 0.228 e. The highest BCUT2D eigenvalue weighted by atomic mass is 35.5. The number of hydrogen-bond donors (Lipinski definition) is 0. The number of amides is 2. The van der Waals surface area contributed by atoms with Gasteiger partial charge < -0.3 is 19.3 Å². The van der Waals surface area contributed by atoms with Crippen molar-refractivity contribution in [3.63, 3.8) is 0 Å². The van der Waals surface area contributed by atoms with E-state index in [1.807, 2.05) is 24.0 Å². The number of benzene rings is 1. The van der Waals surface area contributed by atoms with E-state index < -0.39 is 5.79 Å². The second kappa shape index (κ2) is 6.83. The summed E-state index contributed by atoms with van der Waals surface area (Å²) in [5.74, 6) is -0.777. The maximum absolute atomic E-state index is 12.9. The summed E-state index contributed by atoms with van der Waals surface area (Å²) in [6.07, 6.45) is 1.63. The minimum absolute atomic E-state index is 0.0285. The van der Waals surface area contributed by atoms with E-state index in [4.69, 9.17) is 21.1 Å². The fourth-order valence-electron chi connectivity index (χ4n) is 3.98. The summed E-state index contributed by atoms with van der Waals surface area (Å²) in [6.45, 7) is 4.80. The van der Waals surface area contributed by atoms with Gasteiger partial charge in [0.25, 0.3) is 0 Å². The molecule has 3 aliphatic heterocycles. The molecule has 1 aromatic rings. The molecule has 3 aliphatic rings. The lowest BCUT2D eigenvalue weighted by molar-refractivity contribution is -0.188. The second-order valence-corrected chi connectivity index (χ2v) is 7.68. The zero-order chi connectivity index (χ0) is 18.3. The van der Waals surface area contributed by atoms with Crippen LogP contribution in [-0.2, 0) is 19.1 Å². The standard InChI is InChI=1S/C19H23ClN2O4/c1-13-2-3-15(11-16(13)20)22-12-14(10-17(22)23)18(24)21-6-4-19(5-7-21)25-8-9-26-19/h2-3,11,14H,4-10,12H2,1H3. The number of piperidine rings is 1. The molecule has 4 rings (SSSR count). The third kappa shape index (κ3) is 3.21. The van der Waals surface area contributed by atoms with E-state index in [-0.39, 0.29) is 24.2 Å². The normalized spacial score (nSPS) is 25.3. The van der Waals surface area contributed by atoms with Crippen molar-refractivity contribution >= 4 is 29.1 Å². The molecule has 1 spiro atoms. The first kappa shape index (κ1) is 17.8. The molecule has 7 heteroatoms. The van der Waals surface area contributed by atoms with E-state index in [1.54, 1.807) is 11.0 Å². The quantitative estimate of drug-likeness (QED) is 0.792. The highest BCUT2D eigenvalue weighted by Gasteiger charge is 2.43. The molecule has 1 atom stereocenters. The van der Waals surface area contributed by atoms with Crippen molar-refractivity contribution in [2.75, 3.05) is 37.7 Å². The number of carbonyl (C=O) groups excluding carboxylic acids is 2. The molecule has 0 aliphatic carbocycles. The largest absolute Gasteiger partial charge is 0.347 e. The van der Waals surface area contributed by atoms with E-state index in [1.165, 1.54) is 0 Å². The number of likely N-dealkylation sites (tertiary alicyclic amines) is 1. The summed E-state index contributed by atoms with van der Waals surface area (Å²) < 4.78 is 11.4. The van der Waals surface area contributed by atoms with E-state index in [9.17, 15) is 9.59 Å². The van der Waals surface area contributed by atoms with Crippen molar-refractivity contribution in [1.82, 2.24) is 4.90 Å². The summed E-state index contributed by atoms with van der Waals surface area (Å²) in [7, 11) is 0.